The van der Waals surface area contributed by atoms with Crippen LogP contribution in [-0.2, 0) is 35.2 Å². The molecule has 0 spiro atoms. The number of hydrogen-bond acceptors (Lipinski definition) is 9. The van der Waals surface area contributed by atoms with Crippen LogP contribution in [0.3, 0.4) is 0 Å². The minimum absolute atomic E-state index is 0.0564. The standard InChI is InChI=1S/C22H36N10O8/c23-12(3-5-16(24)33)18(36)32-15(8-11-9-27-10-29-11)20(38)30-13(4-6-17(34)35)19(37)31-14(21(39)40)2-1-7-28-22(25)26/h9-10,12-15H,1-8,23H2,(H2,24,33)(H,27,29)(H,30,38)(H,31,37)(H,32,36)(H,34,35)(H,39,40)(H4,25,26,28). The van der Waals surface area contributed by atoms with Crippen molar-refractivity contribution in [3.05, 3.63) is 18.2 Å². The summed E-state index contributed by atoms with van der Waals surface area (Å²) in [6, 6.07) is -5.32. The SMILES string of the molecule is NC(=O)CCC(N)C(=O)NC(Cc1cnc[nH]1)C(=O)NC(CCC(=O)O)C(=O)NC(CCCN=C(N)N)C(=O)O. The lowest BCUT2D eigenvalue weighted by Gasteiger charge is -2.25. The van der Waals surface area contributed by atoms with Crippen molar-refractivity contribution in [1.29, 1.82) is 0 Å². The number of aliphatic carboxylic acids is 2. The van der Waals surface area contributed by atoms with E-state index < -0.39 is 66.2 Å². The van der Waals surface area contributed by atoms with Crippen LogP contribution >= 0.6 is 0 Å². The molecular formula is C22H36N10O8. The molecule has 4 unspecified atom stereocenters. The molecule has 18 heteroatoms. The number of imidazole rings is 1. The van der Waals surface area contributed by atoms with Gasteiger partial charge in [0.25, 0.3) is 0 Å². The second-order valence-corrected chi connectivity index (χ2v) is 8.80. The zero-order chi connectivity index (χ0) is 30.2. The van der Waals surface area contributed by atoms with Crippen molar-refractivity contribution in [1.82, 2.24) is 25.9 Å². The van der Waals surface area contributed by atoms with Crippen LogP contribution in [0.5, 0.6) is 0 Å². The first kappa shape index (κ1) is 33.3. The fourth-order valence-corrected chi connectivity index (χ4v) is 3.38. The van der Waals surface area contributed by atoms with Gasteiger partial charge in [0.05, 0.1) is 12.4 Å². The fourth-order valence-electron chi connectivity index (χ4n) is 3.38. The highest BCUT2D eigenvalue weighted by Crippen LogP contribution is 2.06. The van der Waals surface area contributed by atoms with Gasteiger partial charge in [-0.3, -0.25) is 29.0 Å². The molecule has 0 saturated heterocycles. The van der Waals surface area contributed by atoms with Gasteiger partial charge in [0, 0.05) is 37.7 Å². The Morgan fingerprint density at radius 3 is 2.05 bits per heavy atom. The zero-order valence-corrected chi connectivity index (χ0v) is 21.7. The normalized spacial score (nSPS) is 13.6. The van der Waals surface area contributed by atoms with E-state index in [1.54, 1.807) is 0 Å². The molecule has 1 heterocycles. The molecule has 4 amide bonds. The number of aromatic nitrogens is 2. The number of guanidine groups is 1. The Bertz CT molecular complexity index is 1060. The van der Waals surface area contributed by atoms with E-state index in [-0.39, 0.29) is 51.0 Å². The van der Waals surface area contributed by atoms with Crippen LogP contribution in [0.2, 0.25) is 0 Å². The molecule has 40 heavy (non-hydrogen) atoms. The summed E-state index contributed by atoms with van der Waals surface area (Å²) in [6.07, 6.45) is 1.61. The molecule has 0 aliphatic heterocycles. The van der Waals surface area contributed by atoms with Crippen molar-refractivity contribution in [3.63, 3.8) is 0 Å². The number of aliphatic imine (C=N–C) groups is 1. The van der Waals surface area contributed by atoms with Gasteiger partial charge >= 0.3 is 11.9 Å². The van der Waals surface area contributed by atoms with E-state index in [1.165, 1.54) is 12.5 Å². The number of nitrogens with zero attached hydrogens (tertiary/aromatic N) is 2. The Kier molecular flexibility index (Phi) is 14.1. The van der Waals surface area contributed by atoms with E-state index in [4.69, 9.17) is 28.0 Å². The molecule has 0 bridgehead atoms. The molecule has 1 rings (SSSR count). The van der Waals surface area contributed by atoms with Gasteiger partial charge in [0.2, 0.25) is 23.6 Å². The number of nitrogens with two attached hydrogens (primary N) is 4. The van der Waals surface area contributed by atoms with Gasteiger partial charge in [-0.15, -0.1) is 0 Å². The van der Waals surface area contributed by atoms with E-state index in [0.29, 0.717) is 5.69 Å². The molecule has 14 N–H and O–H groups in total. The van der Waals surface area contributed by atoms with Gasteiger partial charge in [-0.2, -0.15) is 0 Å². The van der Waals surface area contributed by atoms with Crippen LogP contribution in [0, 0.1) is 0 Å². The lowest BCUT2D eigenvalue weighted by Crippen LogP contribution is -2.57. The summed E-state index contributed by atoms with van der Waals surface area (Å²) >= 11 is 0. The third-order valence-electron chi connectivity index (χ3n) is 5.49. The van der Waals surface area contributed by atoms with Crippen LogP contribution in [0.25, 0.3) is 0 Å². The van der Waals surface area contributed by atoms with E-state index in [2.05, 4.69) is 30.9 Å². The van der Waals surface area contributed by atoms with Crippen LogP contribution < -0.4 is 38.9 Å². The Balaban J connectivity index is 3.04. The zero-order valence-electron chi connectivity index (χ0n) is 21.7. The first-order valence-electron chi connectivity index (χ1n) is 12.2. The monoisotopic (exact) mass is 568 g/mol. The lowest BCUT2D eigenvalue weighted by molar-refractivity contribution is -0.143. The van der Waals surface area contributed by atoms with Gasteiger partial charge in [0.1, 0.15) is 18.1 Å². The number of rotatable bonds is 19. The van der Waals surface area contributed by atoms with E-state index in [9.17, 15) is 33.9 Å². The summed E-state index contributed by atoms with van der Waals surface area (Å²) in [5, 5.41) is 25.7. The van der Waals surface area contributed by atoms with Crippen LogP contribution in [0.4, 0.5) is 0 Å². The topological polar surface area (TPSA) is 324 Å². The Labute approximate surface area is 228 Å². The molecule has 0 radical (unpaired) electrons. The van der Waals surface area contributed by atoms with Crippen molar-refractivity contribution < 1.29 is 39.0 Å². The molecule has 0 aromatic carbocycles. The number of carboxylic acids is 2. The number of hydrogen-bond donors (Lipinski definition) is 10. The summed E-state index contributed by atoms with van der Waals surface area (Å²) in [6.45, 7) is 0.109. The second-order valence-electron chi connectivity index (χ2n) is 8.80. The number of primary amides is 1. The number of aromatic amines is 1. The maximum atomic E-state index is 13.2. The van der Waals surface area contributed by atoms with Crippen LogP contribution in [0.15, 0.2) is 17.5 Å². The molecule has 4 atom stereocenters. The maximum absolute atomic E-state index is 13.2. The fraction of sp³-hybridized carbons (Fsp3) is 0.545. The maximum Gasteiger partial charge on any atom is 0.326 e. The van der Waals surface area contributed by atoms with E-state index in [1.807, 2.05) is 0 Å². The van der Waals surface area contributed by atoms with Crippen LogP contribution in [0.1, 0.15) is 44.2 Å². The molecule has 1 aromatic rings. The quantitative estimate of drug-likeness (QED) is 0.0433. The first-order chi connectivity index (χ1) is 18.8. The number of amides is 4. The van der Waals surface area contributed by atoms with Crippen molar-refractivity contribution in [2.24, 2.45) is 27.9 Å². The average Bonchev–Trinajstić information content (AvgIpc) is 3.38. The Hall–Kier alpha value is -4.74. The van der Waals surface area contributed by atoms with E-state index >= 15 is 0 Å². The predicted molar refractivity (Wildman–Crippen MR) is 139 cm³/mol. The summed E-state index contributed by atoms with van der Waals surface area (Å²) in [4.78, 5) is 82.9. The van der Waals surface area contributed by atoms with Gasteiger partial charge in [-0.1, -0.05) is 0 Å². The molecule has 222 valence electrons. The van der Waals surface area contributed by atoms with Gasteiger partial charge < -0.3 is 54.1 Å². The van der Waals surface area contributed by atoms with Gasteiger partial charge in [0.15, 0.2) is 5.96 Å². The lowest BCUT2D eigenvalue weighted by atomic mass is 10.1. The highest BCUT2D eigenvalue weighted by Gasteiger charge is 2.31. The van der Waals surface area contributed by atoms with Crippen molar-refractivity contribution in [2.75, 3.05) is 6.54 Å². The predicted octanol–water partition coefficient (Wildman–Crippen LogP) is -4.00. The number of H-pyrrole nitrogens is 1. The Morgan fingerprint density at radius 1 is 0.875 bits per heavy atom. The number of carbonyl (C=O) groups is 6. The van der Waals surface area contributed by atoms with Crippen molar-refractivity contribution in [2.45, 2.75) is 69.1 Å². The average molecular weight is 569 g/mol. The number of carboxylic acid groups (broad SMARTS) is 2. The molecule has 1 aromatic heterocycles. The third kappa shape index (κ3) is 13.2. The molecule has 0 aliphatic rings. The summed E-state index contributed by atoms with van der Waals surface area (Å²) in [7, 11) is 0. The summed E-state index contributed by atoms with van der Waals surface area (Å²) < 4.78 is 0. The number of nitrogens with one attached hydrogen (secondary N) is 4. The molecule has 0 aliphatic carbocycles. The van der Waals surface area contributed by atoms with Crippen molar-refractivity contribution >= 4 is 41.5 Å². The summed E-state index contributed by atoms with van der Waals surface area (Å²) in [5.41, 5.74) is 21.8. The van der Waals surface area contributed by atoms with Gasteiger partial charge in [-0.25, -0.2) is 9.78 Å². The smallest absolute Gasteiger partial charge is 0.326 e. The Morgan fingerprint density at radius 2 is 1.50 bits per heavy atom. The molecule has 0 saturated carbocycles. The molecular weight excluding hydrogens is 532 g/mol. The minimum Gasteiger partial charge on any atom is -0.481 e. The number of carbonyl (C=O) groups excluding carboxylic acids is 4. The molecule has 0 fully saturated rings. The highest BCUT2D eigenvalue weighted by atomic mass is 16.4. The molecule has 18 nitrogen and oxygen atoms in total. The van der Waals surface area contributed by atoms with Crippen LogP contribution in [-0.4, -0.2) is 92.4 Å². The highest BCUT2D eigenvalue weighted by molar-refractivity contribution is 5.94. The second kappa shape index (κ2) is 17.0. The van der Waals surface area contributed by atoms with Crippen molar-refractivity contribution in [3.8, 4) is 0 Å². The minimum atomic E-state index is -1.46. The third-order valence-corrected chi connectivity index (χ3v) is 5.49. The summed E-state index contributed by atoms with van der Waals surface area (Å²) in [5.74, 6) is -6.09. The van der Waals surface area contributed by atoms with E-state index in [0.717, 1.165) is 0 Å². The largest absolute Gasteiger partial charge is 0.481 e. The first-order valence-corrected chi connectivity index (χ1v) is 12.2. The van der Waals surface area contributed by atoms with Gasteiger partial charge in [-0.05, 0) is 25.7 Å².